The van der Waals surface area contributed by atoms with Crippen LogP contribution in [0.5, 0.6) is 0 Å². The molecule has 0 radical (unpaired) electrons. The van der Waals surface area contributed by atoms with Crippen molar-refractivity contribution in [2.45, 2.75) is 12.5 Å². The van der Waals surface area contributed by atoms with Crippen LogP contribution in [-0.4, -0.2) is 58.1 Å². The Morgan fingerprint density at radius 2 is 2.29 bits per heavy atom. The van der Waals surface area contributed by atoms with Gasteiger partial charge in [-0.2, -0.15) is 0 Å². The Bertz CT molecular complexity index is 376. The lowest BCUT2D eigenvalue weighted by Crippen LogP contribution is -2.97. The first kappa shape index (κ1) is 12.8. The standard InChI is InChI=1S/C10H19N3O3S/c14-10(9-6-11-2-3-12-9)13-5-8-1-4-17(15,16)7-8/h8-9,11-12H,1-7H2,(H,13,14)/p+1/t8-,9?/m1/s1. The first-order valence-electron chi connectivity index (χ1n) is 6.09. The quantitative estimate of drug-likeness (QED) is 0.508. The van der Waals surface area contributed by atoms with E-state index in [0.717, 1.165) is 13.1 Å². The average Bonchev–Trinajstić information content (AvgIpc) is 2.67. The van der Waals surface area contributed by atoms with E-state index < -0.39 is 9.84 Å². The van der Waals surface area contributed by atoms with Crippen LogP contribution in [0.4, 0.5) is 0 Å². The Kier molecular flexibility index (Phi) is 4.01. The normalized spacial score (nSPS) is 32.2. The van der Waals surface area contributed by atoms with Crippen molar-refractivity contribution >= 4 is 15.7 Å². The van der Waals surface area contributed by atoms with Gasteiger partial charge in [-0.25, -0.2) is 8.42 Å². The molecule has 2 aliphatic heterocycles. The van der Waals surface area contributed by atoms with Crippen molar-refractivity contribution in [1.82, 2.24) is 10.6 Å². The predicted octanol–water partition coefficient (Wildman–Crippen LogP) is -2.93. The van der Waals surface area contributed by atoms with Gasteiger partial charge in [-0.15, -0.1) is 0 Å². The number of piperazine rings is 1. The largest absolute Gasteiger partial charge is 0.351 e. The Hall–Kier alpha value is -0.660. The van der Waals surface area contributed by atoms with Crippen molar-refractivity contribution in [2.24, 2.45) is 5.92 Å². The van der Waals surface area contributed by atoms with Gasteiger partial charge in [0, 0.05) is 13.1 Å². The molecule has 0 aliphatic carbocycles. The molecule has 2 saturated heterocycles. The van der Waals surface area contributed by atoms with Crippen LogP contribution in [0, 0.1) is 5.92 Å². The molecule has 6 nitrogen and oxygen atoms in total. The molecule has 0 aromatic rings. The van der Waals surface area contributed by atoms with Crippen molar-refractivity contribution in [1.29, 1.82) is 0 Å². The lowest BCUT2D eigenvalue weighted by atomic mass is 10.1. The summed E-state index contributed by atoms with van der Waals surface area (Å²) in [5, 5.41) is 8.05. The number of amides is 1. The number of rotatable bonds is 3. The third-order valence-electron chi connectivity index (χ3n) is 3.37. The molecule has 2 fully saturated rings. The summed E-state index contributed by atoms with van der Waals surface area (Å²) in [7, 11) is -2.84. The van der Waals surface area contributed by atoms with Gasteiger partial charge in [0.25, 0.3) is 5.91 Å². The van der Waals surface area contributed by atoms with Crippen molar-refractivity contribution in [2.75, 3.05) is 37.7 Å². The molecule has 2 aliphatic rings. The van der Waals surface area contributed by atoms with E-state index in [1.165, 1.54) is 0 Å². The highest BCUT2D eigenvalue weighted by molar-refractivity contribution is 7.91. The molecule has 2 heterocycles. The maximum Gasteiger partial charge on any atom is 0.279 e. The first-order valence-corrected chi connectivity index (χ1v) is 7.91. The van der Waals surface area contributed by atoms with Crippen LogP contribution >= 0.6 is 0 Å². The highest BCUT2D eigenvalue weighted by Crippen LogP contribution is 2.17. The van der Waals surface area contributed by atoms with Crippen LogP contribution in [0.3, 0.4) is 0 Å². The van der Waals surface area contributed by atoms with Crippen LogP contribution in [0.1, 0.15) is 6.42 Å². The van der Waals surface area contributed by atoms with E-state index in [-0.39, 0.29) is 29.4 Å². The maximum absolute atomic E-state index is 11.8. The van der Waals surface area contributed by atoms with Gasteiger partial charge in [0.05, 0.1) is 24.6 Å². The molecular formula is C10H20N3O3S+. The van der Waals surface area contributed by atoms with Crippen LogP contribution in [0.2, 0.25) is 0 Å². The SMILES string of the molecule is O=C(NC[C@H]1CCS(=O)(=O)C1)C1CNCC[NH2+]1. The molecule has 0 saturated carbocycles. The fourth-order valence-corrected chi connectivity index (χ4v) is 4.20. The van der Waals surface area contributed by atoms with Gasteiger partial charge in [0.2, 0.25) is 0 Å². The topological polar surface area (TPSA) is 91.9 Å². The zero-order valence-electron chi connectivity index (χ0n) is 9.81. The first-order chi connectivity index (χ1) is 8.07. The Morgan fingerprint density at radius 1 is 1.47 bits per heavy atom. The predicted molar refractivity (Wildman–Crippen MR) is 63.2 cm³/mol. The Labute approximate surface area is 101 Å². The number of carbonyl (C=O) groups is 1. The summed E-state index contributed by atoms with van der Waals surface area (Å²) in [6, 6.07) is -0.0678. The fraction of sp³-hybridized carbons (Fsp3) is 0.900. The minimum absolute atomic E-state index is 0.0153. The van der Waals surface area contributed by atoms with E-state index in [0.29, 0.717) is 19.5 Å². The molecule has 0 bridgehead atoms. The number of carbonyl (C=O) groups excluding carboxylic acids is 1. The number of nitrogens with one attached hydrogen (secondary N) is 2. The number of quaternary nitrogens is 1. The Morgan fingerprint density at radius 3 is 2.88 bits per heavy atom. The van der Waals surface area contributed by atoms with Crippen molar-refractivity contribution in [3.05, 3.63) is 0 Å². The second kappa shape index (κ2) is 5.32. The van der Waals surface area contributed by atoms with Crippen molar-refractivity contribution < 1.29 is 18.5 Å². The fourth-order valence-electron chi connectivity index (χ4n) is 2.34. The average molecular weight is 262 g/mol. The van der Waals surface area contributed by atoms with Crippen LogP contribution in [0.25, 0.3) is 0 Å². The number of sulfone groups is 1. The summed E-state index contributed by atoms with van der Waals surface area (Å²) < 4.78 is 22.5. The molecule has 1 unspecified atom stereocenters. The summed E-state index contributed by atoms with van der Waals surface area (Å²) in [5.74, 6) is 0.604. The van der Waals surface area contributed by atoms with Crippen LogP contribution < -0.4 is 16.0 Å². The van der Waals surface area contributed by atoms with E-state index >= 15 is 0 Å². The molecule has 7 heteroatoms. The van der Waals surface area contributed by atoms with E-state index in [1.807, 2.05) is 5.32 Å². The van der Waals surface area contributed by atoms with Gasteiger partial charge in [0.15, 0.2) is 15.9 Å². The van der Waals surface area contributed by atoms with Gasteiger partial charge in [-0.3, -0.25) is 4.79 Å². The second-order valence-corrected chi connectivity index (χ2v) is 7.08. The summed E-state index contributed by atoms with van der Waals surface area (Å²) >= 11 is 0. The smallest absolute Gasteiger partial charge is 0.279 e. The minimum Gasteiger partial charge on any atom is -0.351 e. The van der Waals surface area contributed by atoms with E-state index in [9.17, 15) is 13.2 Å². The molecule has 0 spiro atoms. The Balaban J connectivity index is 1.73. The van der Waals surface area contributed by atoms with Gasteiger partial charge in [0.1, 0.15) is 0 Å². The summed E-state index contributed by atoms with van der Waals surface area (Å²) in [5.41, 5.74) is 0. The summed E-state index contributed by atoms with van der Waals surface area (Å²) in [6.45, 7) is 3.03. The van der Waals surface area contributed by atoms with Gasteiger partial charge in [-0.05, 0) is 12.3 Å². The molecule has 2 rings (SSSR count). The zero-order valence-corrected chi connectivity index (χ0v) is 10.6. The lowest BCUT2D eigenvalue weighted by Gasteiger charge is -2.21. The van der Waals surface area contributed by atoms with Crippen LogP contribution in [-0.2, 0) is 14.6 Å². The number of hydrogen-bond acceptors (Lipinski definition) is 4. The number of nitrogens with two attached hydrogens (primary N) is 1. The molecule has 98 valence electrons. The highest BCUT2D eigenvalue weighted by Gasteiger charge is 2.29. The summed E-state index contributed by atoms with van der Waals surface area (Å²) in [6.07, 6.45) is 0.676. The molecular weight excluding hydrogens is 242 g/mol. The third kappa shape index (κ3) is 3.65. The number of hydrogen-bond donors (Lipinski definition) is 3. The highest BCUT2D eigenvalue weighted by atomic mass is 32.2. The molecule has 0 aromatic carbocycles. The monoisotopic (exact) mass is 262 g/mol. The van der Waals surface area contributed by atoms with E-state index in [1.54, 1.807) is 0 Å². The maximum atomic E-state index is 11.8. The third-order valence-corrected chi connectivity index (χ3v) is 5.20. The molecule has 17 heavy (non-hydrogen) atoms. The molecule has 0 aromatic heterocycles. The second-order valence-electron chi connectivity index (χ2n) is 4.85. The molecule has 2 atom stereocenters. The zero-order chi connectivity index (χ0) is 12.3. The van der Waals surface area contributed by atoms with E-state index in [4.69, 9.17) is 0 Å². The summed E-state index contributed by atoms with van der Waals surface area (Å²) in [4.78, 5) is 11.8. The molecule has 1 amide bonds. The van der Waals surface area contributed by atoms with Gasteiger partial charge >= 0.3 is 0 Å². The lowest BCUT2D eigenvalue weighted by molar-refractivity contribution is -0.680. The molecule has 4 N–H and O–H groups in total. The minimum atomic E-state index is -2.84. The van der Waals surface area contributed by atoms with Crippen molar-refractivity contribution in [3.63, 3.8) is 0 Å². The van der Waals surface area contributed by atoms with Gasteiger partial charge in [-0.1, -0.05) is 0 Å². The van der Waals surface area contributed by atoms with E-state index in [2.05, 4.69) is 10.6 Å². The van der Waals surface area contributed by atoms with Crippen LogP contribution in [0.15, 0.2) is 0 Å². The van der Waals surface area contributed by atoms with Crippen molar-refractivity contribution in [3.8, 4) is 0 Å². The van der Waals surface area contributed by atoms with Gasteiger partial charge < -0.3 is 16.0 Å².